The Morgan fingerprint density at radius 1 is 1.07 bits per heavy atom. The van der Waals surface area contributed by atoms with Crippen molar-refractivity contribution in [2.75, 3.05) is 27.3 Å². The zero-order valence-corrected chi connectivity index (χ0v) is 15.7. The first-order valence-electron chi connectivity index (χ1n) is 9.27. The van der Waals surface area contributed by atoms with Crippen molar-refractivity contribution in [2.45, 2.75) is 25.3 Å². The summed E-state index contributed by atoms with van der Waals surface area (Å²) < 4.78 is 12.5. The van der Waals surface area contributed by atoms with Gasteiger partial charge in [-0.25, -0.2) is 0 Å². The molecule has 142 valence electrons. The van der Waals surface area contributed by atoms with Gasteiger partial charge in [0.15, 0.2) is 11.5 Å². The summed E-state index contributed by atoms with van der Waals surface area (Å²) in [6.45, 7) is 2.08. The Hall–Kier alpha value is -2.76. The maximum Gasteiger partial charge on any atom is 0.250 e. The summed E-state index contributed by atoms with van der Waals surface area (Å²) in [7, 11) is 3.19. The third-order valence-corrected chi connectivity index (χ3v) is 5.64. The fourth-order valence-corrected chi connectivity index (χ4v) is 4.38. The largest absolute Gasteiger partial charge is 0.493 e. The standard InChI is InChI=1S/C21H24N2O4/c1-26-18-7-6-14(9-19(18)27-2)10-21(25)22-11-15-8-16(13-22)17-4-3-5-20(24)23(17)12-15/h3-7,9,15-16H,8,10-13H2,1-2H3. The fourth-order valence-electron chi connectivity index (χ4n) is 4.38. The van der Waals surface area contributed by atoms with E-state index in [0.717, 1.165) is 17.7 Å². The summed E-state index contributed by atoms with van der Waals surface area (Å²) in [6.07, 6.45) is 1.38. The zero-order valence-electron chi connectivity index (χ0n) is 15.7. The van der Waals surface area contributed by atoms with Gasteiger partial charge >= 0.3 is 0 Å². The molecule has 6 nitrogen and oxygen atoms in total. The number of aromatic nitrogens is 1. The molecule has 1 amide bonds. The third kappa shape index (κ3) is 3.31. The van der Waals surface area contributed by atoms with Crippen molar-refractivity contribution in [3.8, 4) is 11.5 Å². The molecule has 4 rings (SSSR count). The van der Waals surface area contributed by atoms with Crippen LogP contribution in [0.15, 0.2) is 41.2 Å². The third-order valence-electron chi connectivity index (χ3n) is 5.64. The predicted octanol–water partition coefficient (Wildman–Crippen LogP) is 2.05. The number of carbonyl (C=O) groups excluding carboxylic acids is 1. The van der Waals surface area contributed by atoms with E-state index < -0.39 is 0 Å². The molecule has 0 radical (unpaired) electrons. The number of hydrogen-bond donors (Lipinski definition) is 0. The summed E-state index contributed by atoms with van der Waals surface area (Å²) in [6, 6.07) is 11.0. The van der Waals surface area contributed by atoms with Gasteiger partial charge in [-0.2, -0.15) is 0 Å². The lowest BCUT2D eigenvalue weighted by atomic mass is 9.83. The van der Waals surface area contributed by atoms with E-state index in [0.29, 0.717) is 43.5 Å². The molecule has 1 aromatic heterocycles. The molecule has 1 aromatic carbocycles. The SMILES string of the molecule is COc1ccc(CC(=O)N2CC3CC(C2)c2cccc(=O)n2C3)cc1OC. The number of rotatable bonds is 4. The van der Waals surface area contributed by atoms with E-state index in [4.69, 9.17) is 9.47 Å². The number of carbonyl (C=O) groups is 1. The second-order valence-corrected chi connectivity index (χ2v) is 7.36. The summed E-state index contributed by atoms with van der Waals surface area (Å²) in [5, 5.41) is 0. The molecule has 0 spiro atoms. The smallest absolute Gasteiger partial charge is 0.250 e. The van der Waals surface area contributed by atoms with Crippen LogP contribution in [0.1, 0.15) is 23.6 Å². The molecule has 1 fully saturated rings. The van der Waals surface area contributed by atoms with Crippen LogP contribution >= 0.6 is 0 Å². The number of likely N-dealkylation sites (tertiary alicyclic amines) is 1. The van der Waals surface area contributed by atoms with Crippen LogP contribution in [-0.4, -0.2) is 42.7 Å². The highest BCUT2D eigenvalue weighted by Gasteiger charge is 2.36. The molecule has 0 aliphatic carbocycles. The van der Waals surface area contributed by atoms with Crippen LogP contribution in [-0.2, 0) is 17.8 Å². The summed E-state index contributed by atoms with van der Waals surface area (Å²) in [5.74, 6) is 1.98. The van der Waals surface area contributed by atoms with E-state index in [1.54, 1.807) is 20.3 Å². The molecule has 1 saturated heterocycles. The predicted molar refractivity (Wildman–Crippen MR) is 101 cm³/mol. The van der Waals surface area contributed by atoms with Crippen molar-refractivity contribution in [1.29, 1.82) is 0 Å². The lowest BCUT2D eigenvalue weighted by molar-refractivity contribution is -0.133. The number of piperidine rings is 1. The van der Waals surface area contributed by atoms with Gasteiger partial charge in [0.25, 0.3) is 5.56 Å². The van der Waals surface area contributed by atoms with Crippen LogP contribution in [0, 0.1) is 5.92 Å². The number of hydrogen-bond acceptors (Lipinski definition) is 4. The lowest BCUT2D eigenvalue weighted by Gasteiger charge is -2.42. The van der Waals surface area contributed by atoms with Gasteiger partial charge in [0, 0.05) is 37.3 Å². The van der Waals surface area contributed by atoms with Crippen molar-refractivity contribution < 1.29 is 14.3 Å². The molecule has 2 aliphatic rings. The highest BCUT2D eigenvalue weighted by Crippen LogP contribution is 2.35. The number of pyridine rings is 1. The Bertz CT molecular complexity index is 921. The number of amides is 1. The molecule has 3 heterocycles. The number of ether oxygens (including phenoxy) is 2. The quantitative estimate of drug-likeness (QED) is 0.829. The molecule has 2 aromatic rings. The van der Waals surface area contributed by atoms with Crippen LogP contribution in [0.3, 0.4) is 0 Å². The van der Waals surface area contributed by atoms with Crippen LogP contribution in [0.25, 0.3) is 0 Å². The normalized spacial score (nSPS) is 20.7. The second-order valence-electron chi connectivity index (χ2n) is 7.36. The molecular formula is C21H24N2O4. The molecule has 27 heavy (non-hydrogen) atoms. The van der Waals surface area contributed by atoms with Crippen LogP contribution in [0.2, 0.25) is 0 Å². The van der Waals surface area contributed by atoms with Crippen molar-refractivity contribution in [2.24, 2.45) is 5.92 Å². The van der Waals surface area contributed by atoms with Crippen molar-refractivity contribution in [3.05, 3.63) is 58.0 Å². The van der Waals surface area contributed by atoms with Gasteiger partial charge in [0.1, 0.15) is 0 Å². The van der Waals surface area contributed by atoms with Gasteiger partial charge in [-0.1, -0.05) is 12.1 Å². The van der Waals surface area contributed by atoms with Crippen molar-refractivity contribution in [3.63, 3.8) is 0 Å². The van der Waals surface area contributed by atoms with Crippen LogP contribution < -0.4 is 15.0 Å². The molecule has 2 bridgehead atoms. The topological polar surface area (TPSA) is 60.8 Å². The van der Waals surface area contributed by atoms with E-state index in [1.165, 1.54) is 0 Å². The van der Waals surface area contributed by atoms with E-state index in [9.17, 15) is 9.59 Å². The molecule has 2 aliphatic heterocycles. The minimum absolute atomic E-state index is 0.0623. The van der Waals surface area contributed by atoms with Crippen molar-refractivity contribution in [1.82, 2.24) is 9.47 Å². The average molecular weight is 368 g/mol. The summed E-state index contributed by atoms with van der Waals surface area (Å²) in [5.41, 5.74) is 2.03. The molecular weight excluding hydrogens is 344 g/mol. The van der Waals surface area contributed by atoms with Gasteiger partial charge in [-0.05, 0) is 36.1 Å². The van der Waals surface area contributed by atoms with E-state index >= 15 is 0 Å². The first-order chi connectivity index (χ1) is 13.1. The Morgan fingerprint density at radius 3 is 2.67 bits per heavy atom. The second kappa shape index (κ2) is 7.10. The van der Waals surface area contributed by atoms with Gasteiger partial charge in [0.05, 0.1) is 20.6 Å². The number of fused-ring (bicyclic) bond motifs is 4. The lowest BCUT2D eigenvalue weighted by Crippen LogP contribution is -2.49. The maximum atomic E-state index is 12.9. The zero-order chi connectivity index (χ0) is 19.0. The number of benzene rings is 1. The Balaban J connectivity index is 1.51. The highest BCUT2D eigenvalue weighted by atomic mass is 16.5. The number of nitrogens with zero attached hydrogens (tertiary/aromatic N) is 2. The van der Waals surface area contributed by atoms with E-state index in [2.05, 4.69) is 0 Å². The highest BCUT2D eigenvalue weighted by molar-refractivity contribution is 5.79. The van der Waals surface area contributed by atoms with Gasteiger partial charge < -0.3 is 18.9 Å². The molecule has 0 saturated carbocycles. The number of methoxy groups -OCH3 is 2. The summed E-state index contributed by atoms with van der Waals surface area (Å²) in [4.78, 5) is 27.0. The van der Waals surface area contributed by atoms with Gasteiger partial charge in [0.2, 0.25) is 5.91 Å². The first-order valence-corrected chi connectivity index (χ1v) is 9.27. The maximum absolute atomic E-state index is 12.9. The molecule has 0 N–H and O–H groups in total. The minimum atomic E-state index is 0.0623. The van der Waals surface area contributed by atoms with Crippen molar-refractivity contribution >= 4 is 5.91 Å². The molecule has 6 heteroatoms. The van der Waals surface area contributed by atoms with Crippen LogP contribution in [0.4, 0.5) is 0 Å². The fraction of sp³-hybridized carbons (Fsp3) is 0.429. The summed E-state index contributed by atoms with van der Waals surface area (Å²) >= 11 is 0. The molecule has 2 unspecified atom stereocenters. The van der Waals surface area contributed by atoms with E-state index in [-0.39, 0.29) is 17.4 Å². The Morgan fingerprint density at radius 2 is 1.89 bits per heavy atom. The minimum Gasteiger partial charge on any atom is -0.493 e. The Labute approximate surface area is 158 Å². The molecule has 2 atom stereocenters. The Kier molecular flexibility index (Phi) is 4.64. The van der Waals surface area contributed by atoms with E-state index in [1.807, 2.05) is 39.8 Å². The first kappa shape index (κ1) is 17.6. The van der Waals surface area contributed by atoms with Crippen LogP contribution in [0.5, 0.6) is 11.5 Å². The monoisotopic (exact) mass is 368 g/mol. The van der Waals surface area contributed by atoms with Gasteiger partial charge in [-0.3, -0.25) is 9.59 Å². The van der Waals surface area contributed by atoms with Gasteiger partial charge in [-0.15, -0.1) is 0 Å². The average Bonchev–Trinajstić information content (AvgIpc) is 2.68.